The van der Waals surface area contributed by atoms with Gasteiger partial charge >= 0.3 is 5.97 Å². The molecule has 0 aliphatic carbocycles. The Morgan fingerprint density at radius 3 is 2.67 bits per heavy atom. The summed E-state index contributed by atoms with van der Waals surface area (Å²) in [6, 6.07) is 6.77. The van der Waals surface area contributed by atoms with Crippen LogP contribution in [0.4, 0.5) is 0 Å². The average Bonchev–Trinajstić information content (AvgIpc) is 3.18. The number of phenolic OH excluding ortho intramolecular Hbond substituents is 1. The lowest BCUT2D eigenvalue weighted by Gasteiger charge is -2.38. The largest absolute Gasteiger partial charge is 0.508 e. The quantitative estimate of drug-likeness (QED) is 0.401. The number of aryl methyl sites for hydroxylation is 1. The topological polar surface area (TPSA) is 122 Å². The third-order valence-electron chi connectivity index (χ3n) is 7.33. The number of carbonyl (C=O) groups excluding carboxylic acids is 1. The van der Waals surface area contributed by atoms with Crippen LogP contribution in [0, 0.1) is 5.92 Å². The molecule has 0 radical (unpaired) electrons. The fourth-order valence-corrected chi connectivity index (χ4v) is 5.32. The van der Waals surface area contributed by atoms with Crippen molar-refractivity contribution in [2.24, 2.45) is 5.92 Å². The van der Waals surface area contributed by atoms with Crippen molar-refractivity contribution in [3.05, 3.63) is 56.9 Å². The first-order valence-corrected chi connectivity index (χ1v) is 11.2. The van der Waals surface area contributed by atoms with Crippen molar-refractivity contribution < 1.29 is 24.9 Å². The van der Waals surface area contributed by atoms with Gasteiger partial charge in [-0.15, -0.1) is 0 Å². The third kappa shape index (κ3) is 2.94. The zero-order valence-electron chi connectivity index (χ0n) is 18.8. The van der Waals surface area contributed by atoms with E-state index < -0.39 is 23.6 Å². The van der Waals surface area contributed by atoms with E-state index in [0.717, 1.165) is 16.5 Å². The van der Waals surface area contributed by atoms with Crippen LogP contribution in [0.3, 0.4) is 0 Å². The summed E-state index contributed by atoms with van der Waals surface area (Å²) in [5, 5.41) is 32.9. The maximum Gasteiger partial charge on any atom is 0.335 e. The van der Waals surface area contributed by atoms with E-state index in [2.05, 4.69) is 0 Å². The first kappa shape index (κ1) is 21.6. The van der Waals surface area contributed by atoms with Gasteiger partial charge in [-0.2, -0.15) is 0 Å². The summed E-state index contributed by atoms with van der Waals surface area (Å²) in [4.78, 5) is 30.7. The number of fused-ring (bicyclic) bond motifs is 5. The molecule has 3 atom stereocenters. The minimum Gasteiger partial charge on any atom is -0.508 e. The maximum atomic E-state index is 13.6. The number of ether oxygens (including phenoxy) is 1. The normalized spacial score (nSPS) is 24.0. The highest BCUT2D eigenvalue weighted by Crippen LogP contribution is 2.42. The van der Waals surface area contributed by atoms with E-state index in [1.807, 2.05) is 6.92 Å². The maximum absolute atomic E-state index is 13.6. The monoisotopic (exact) mass is 450 g/mol. The van der Waals surface area contributed by atoms with Gasteiger partial charge in [0, 0.05) is 16.9 Å². The van der Waals surface area contributed by atoms with Gasteiger partial charge < -0.3 is 24.6 Å². The molecule has 0 bridgehead atoms. The summed E-state index contributed by atoms with van der Waals surface area (Å²) in [6.45, 7) is 5.33. The molecule has 0 saturated carbocycles. The number of rotatable bonds is 2. The zero-order chi connectivity index (χ0) is 23.7. The summed E-state index contributed by atoms with van der Waals surface area (Å²) >= 11 is 0. The molecule has 0 saturated heterocycles. The number of hydrogen-bond acceptors (Lipinski definition) is 7. The van der Waals surface area contributed by atoms with Gasteiger partial charge in [0.2, 0.25) is 0 Å². The average molecular weight is 450 g/mol. The summed E-state index contributed by atoms with van der Waals surface area (Å²) < 4.78 is 6.81. The van der Waals surface area contributed by atoms with Crippen LogP contribution in [0.15, 0.2) is 29.1 Å². The number of aliphatic hydroxyl groups is 2. The predicted octanol–water partition coefficient (Wildman–Crippen LogP) is 2.34. The molecule has 0 spiro atoms. The molecule has 2 aliphatic rings. The van der Waals surface area contributed by atoms with Crippen molar-refractivity contribution in [1.82, 2.24) is 9.55 Å². The highest BCUT2D eigenvalue weighted by molar-refractivity contribution is 5.89. The molecule has 3 aromatic rings. The Kier molecular flexibility index (Phi) is 4.84. The SMILES string of the molecule is CCc1c2c(nc3ccc(O)cc13)-c1cc3c(c(=O)n1C2)COC(=O)[C@H](O)C(C)[C@]3(O)CC. The van der Waals surface area contributed by atoms with Gasteiger partial charge in [-0.05, 0) is 48.2 Å². The molecule has 4 heterocycles. The van der Waals surface area contributed by atoms with E-state index in [-0.39, 0.29) is 29.9 Å². The molecule has 0 fully saturated rings. The number of nitrogens with zero attached hydrogens (tertiary/aromatic N) is 2. The van der Waals surface area contributed by atoms with E-state index in [1.165, 1.54) is 0 Å². The van der Waals surface area contributed by atoms with Gasteiger partial charge in [0.1, 0.15) is 12.4 Å². The molecule has 8 nitrogen and oxygen atoms in total. The summed E-state index contributed by atoms with van der Waals surface area (Å²) in [7, 11) is 0. The van der Waals surface area contributed by atoms with Crippen LogP contribution in [0.2, 0.25) is 0 Å². The Hall–Kier alpha value is -3.23. The lowest BCUT2D eigenvalue weighted by molar-refractivity contribution is -0.168. The number of hydrogen-bond donors (Lipinski definition) is 3. The Balaban J connectivity index is 1.81. The number of phenols is 1. The van der Waals surface area contributed by atoms with Crippen LogP contribution >= 0.6 is 0 Å². The molecule has 8 heteroatoms. The van der Waals surface area contributed by atoms with Crippen LogP contribution in [0.5, 0.6) is 5.75 Å². The van der Waals surface area contributed by atoms with E-state index in [4.69, 9.17) is 9.72 Å². The van der Waals surface area contributed by atoms with Gasteiger partial charge in [-0.1, -0.05) is 20.8 Å². The van der Waals surface area contributed by atoms with Crippen molar-refractivity contribution >= 4 is 16.9 Å². The molecule has 0 amide bonds. The van der Waals surface area contributed by atoms with Crippen molar-refractivity contribution in [3.63, 3.8) is 0 Å². The fraction of sp³-hybridized carbons (Fsp3) is 0.400. The van der Waals surface area contributed by atoms with Crippen LogP contribution in [0.25, 0.3) is 22.3 Å². The van der Waals surface area contributed by atoms with Crippen LogP contribution < -0.4 is 5.56 Å². The standard InChI is InChI=1S/C25H26N2O6/c1-4-14-15-8-13(28)6-7-19(15)26-21-16(14)10-27-20(21)9-18-17(23(27)30)11-33-24(31)22(29)12(3)25(18,32)5-2/h6-9,12,22,28-29,32H,4-5,10-11H2,1-3H3/t12?,22-,25-/m1/s1. The van der Waals surface area contributed by atoms with Gasteiger partial charge in [0.25, 0.3) is 5.56 Å². The van der Waals surface area contributed by atoms with E-state index >= 15 is 0 Å². The van der Waals surface area contributed by atoms with Gasteiger partial charge in [-0.3, -0.25) is 4.79 Å². The lowest BCUT2D eigenvalue weighted by Crippen LogP contribution is -2.47. The van der Waals surface area contributed by atoms with E-state index in [1.54, 1.807) is 42.7 Å². The second kappa shape index (κ2) is 7.40. The number of aromatic hydroxyl groups is 1. The minimum absolute atomic E-state index is 0.150. The van der Waals surface area contributed by atoms with Crippen molar-refractivity contribution in [1.29, 1.82) is 0 Å². The Morgan fingerprint density at radius 1 is 1.21 bits per heavy atom. The first-order valence-electron chi connectivity index (χ1n) is 11.2. The minimum atomic E-state index is -1.60. The summed E-state index contributed by atoms with van der Waals surface area (Å²) in [6.07, 6.45) is -0.619. The Labute approximate surface area is 190 Å². The molecule has 2 aliphatic heterocycles. The number of pyridine rings is 2. The lowest BCUT2D eigenvalue weighted by atomic mass is 9.75. The van der Waals surface area contributed by atoms with Gasteiger partial charge in [-0.25, -0.2) is 9.78 Å². The smallest absolute Gasteiger partial charge is 0.335 e. The van der Waals surface area contributed by atoms with Gasteiger partial charge in [0.15, 0.2) is 6.10 Å². The van der Waals surface area contributed by atoms with Crippen molar-refractivity contribution in [3.8, 4) is 17.1 Å². The number of benzene rings is 1. The Morgan fingerprint density at radius 2 is 1.97 bits per heavy atom. The highest BCUT2D eigenvalue weighted by atomic mass is 16.5. The Bertz CT molecular complexity index is 1380. The molecule has 2 aromatic heterocycles. The van der Waals surface area contributed by atoms with Crippen molar-refractivity contribution in [2.75, 3.05) is 0 Å². The molecule has 1 aromatic carbocycles. The number of aliphatic hydroxyl groups excluding tert-OH is 1. The highest BCUT2D eigenvalue weighted by Gasteiger charge is 2.46. The molecule has 172 valence electrons. The molecule has 33 heavy (non-hydrogen) atoms. The van der Waals surface area contributed by atoms with Crippen LogP contribution in [-0.4, -0.2) is 36.9 Å². The van der Waals surface area contributed by atoms with E-state index in [0.29, 0.717) is 35.4 Å². The second-order valence-electron chi connectivity index (χ2n) is 8.90. The molecular weight excluding hydrogens is 424 g/mol. The summed E-state index contributed by atoms with van der Waals surface area (Å²) in [5.41, 5.74) is 2.48. The van der Waals surface area contributed by atoms with Crippen molar-refractivity contribution in [2.45, 2.75) is 58.5 Å². The second-order valence-corrected chi connectivity index (χ2v) is 8.90. The summed E-state index contributed by atoms with van der Waals surface area (Å²) in [5.74, 6) is -1.58. The molecule has 1 unspecified atom stereocenters. The number of aromatic nitrogens is 2. The predicted molar refractivity (Wildman–Crippen MR) is 121 cm³/mol. The third-order valence-corrected chi connectivity index (χ3v) is 7.33. The zero-order valence-corrected chi connectivity index (χ0v) is 18.8. The number of carbonyl (C=O) groups is 1. The van der Waals surface area contributed by atoms with Crippen LogP contribution in [-0.2, 0) is 34.7 Å². The molecule has 3 N–H and O–H groups in total. The van der Waals surface area contributed by atoms with Crippen LogP contribution in [0.1, 0.15) is 49.4 Å². The molecule has 5 rings (SSSR count). The fourth-order valence-electron chi connectivity index (χ4n) is 5.32. The molecular formula is C25H26N2O6. The van der Waals surface area contributed by atoms with E-state index in [9.17, 15) is 24.9 Å². The first-order chi connectivity index (χ1) is 15.7. The number of esters is 1. The van der Waals surface area contributed by atoms with Gasteiger partial charge in [0.05, 0.1) is 34.6 Å². The number of cyclic esters (lactones) is 1.